The van der Waals surface area contributed by atoms with Crippen molar-refractivity contribution in [3.05, 3.63) is 58.1 Å². The Balaban J connectivity index is 2.11. The van der Waals surface area contributed by atoms with E-state index in [0.29, 0.717) is 13.2 Å². The van der Waals surface area contributed by atoms with E-state index in [2.05, 4.69) is 49.5 Å². The lowest BCUT2D eigenvalue weighted by Crippen LogP contribution is -2.31. The van der Waals surface area contributed by atoms with E-state index in [4.69, 9.17) is 9.47 Å². The van der Waals surface area contributed by atoms with Gasteiger partial charge in [-0.2, -0.15) is 0 Å². The normalized spacial score (nSPS) is 16.6. The van der Waals surface area contributed by atoms with E-state index in [1.807, 2.05) is 13.8 Å². The summed E-state index contributed by atoms with van der Waals surface area (Å²) in [7, 11) is 0. The molecule has 1 unspecified atom stereocenters. The molecule has 128 valence electrons. The van der Waals surface area contributed by atoms with Crippen molar-refractivity contribution in [2.75, 3.05) is 19.8 Å². The molecule has 0 fully saturated rings. The lowest BCUT2D eigenvalue weighted by atomic mass is 9.85. The van der Waals surface area contributed by atoms with Gasteiger partial charge in [0.25, 0.3) is 0 Å². The second-order valence-corrected chi connectivity index (χ2v) is 6.31. The highest BCUT2D eigenvalue weighted by Crippen LogP contribution is 2.39. The van der Waals surface area contributed by atoms with Gasteiger partial charge in [0, 0.05) is 6.54 Å². The molecular formula is C21H27NO2. The summed E-state index contributed by atoms with van der Waals surface area (Å²) in [5.41, 5.74) is 6.70. The maximum absolute atomic E-state index is 5.85. The highest BCUT2D eigenvalue weighted by atomic mass is 16.5. The molecule has 0 saturated heterocycles. The quantitative estimate of drug-likeness (QED) is 0.887. The number of hydrogen-bond donors (Lipinski definition) is 1. The van der Waals surface area contributed by atoms with Gasteiger partial charge in [-0.25, -0.2) is 0 Å². The molecular weight excluding hydrogens is 298 g/mol. The molecule has 24 heavy (non-hydrogen) atoms. The van der Waals surface area contributed by atoms with Gasteiger partial charge in [-0.05, 0) is 74.1 Å². The van der Waals surface area contributed by atoms with Crippen LogP contribution in [0, 0.1) is 13.8 Å². The van der Waals surface area contributed by atoms with Gasteiger partial charge in [0.05, 0.1) is 19.3 Å². The summed E-state index contributed by atoms with van der Waals surface area (Å²) in [5.74, 6) is 1.71. The largest absolute Gasteiger partial charge is 0.490 e. The van der Waals surface area contributed by atoms with Crippen molar-refractivity contribution in [3.63, 3.8) is 0 Å². The van der Waals surface area contributed by atoms with Gasteiger partial charge in [-0.15, -0.1) is 0 Å². The molecule has 3 heteroatoms. The fourth-order valence-electron chi connectivity index (χ4n) is 3.64. The number of hydrogen-bond acceptors (Lipinski definition) is 3. The van der Waals surface area contributed by atoms with Gasteiger partial charge in [-0.1, -0.05) is 18.2 Å². The third-order valence-electron chi connectivity index (χ3n) is 4.69. The predicted octanol–water partition coefficient (Wildman–Crippen LogP) is 4.34. The molecule has 0 spiro atoms. The Kier molecular flexibility index (Phi) is 5.10. The predicted molar refractivity (Wildman–Crippen MR) is 98.2 cm³/mol. The highest BCUT2D eigenvalue weighted by Gasteiger charge is 2.26. The van der Waals surface area contributed by atoms with Crippen molar-refractivity contribution < 1.29 is 9.47 Å². The van der Waals surface area contributed by atoms with Gasteiger partial charge in [-0.3, -0.25) is 0 Å². The van der Waals surface area contributed by atoms with Crippen molar-refractivity contribution in [1.29, 1.82) is 0 Å². The van der Waals surface area contributed by atoms with Crippen LogP contribution in [-0.2, 0) is 6.42 Å². The van der Waals surface area contributed by atoms with E-state index in [1.54, 1.807) is 0 Å². The molecule has 1 aliphatic rings. The smallest absolute Gasteiger partial charge is 0.161 e. The second kappa shape index (κ2) is 7.27. The maximum atomic E-state index is 5.85. The van der Waals surface area contributed by atoms with Crippen molar-refractivity contribution in [2.24, 2.45) is 0 Å². The summed E-state index contributed by atoms with van der Waals surface area (Å²) >= 11 is 0. The van der Waals surface area contributed by atoms with Gasteiger partial charge in [0.15, 0.2) is 11.5 Å². The average Bonchev–Trinajstić information content (AvgIpc) is 2.56. The molecule has 0 aromatic heterocycles. The summed E-state index contributed by atoms with van der Waals surface area (Å²) in [5, 5.41) is 3.70. The number of fused-ring (bicyclic) bond motifs is 1. The van der Waals surface area contributed by atoms with E-state index < -0.39 is 0 Å². The maximum Gasteiger partial charge on any atom is 0.161 e. The van der Waals surface area contributed by atoms with Gasteiger partial charge >= 0.3 is 0 Å². The topological polar surface area (TPSA) is 30.5 Å². The van der Waals surface area contributed by atoms with Crippen LogP contribution in [0.5, 0.6) is 11.5 Å². The number of ether oxygens (including phenoxy) is 2. The lowest BCUT2D eigenvalue weighted by molar-refractivity contribution is 0.286. The van der Waals surface area contributed by atoms with E-state index in [0.717, 1.165) is 24.5 Å². The Morgan fingerprint density at radius 3 is 2.25 bits per heavy atom. The van der Waals surface area contributed by atoms with Crippen LogP contribution in [0.25, 0.3) is 0 Å². The van der Waals surface area contributed by atoms with E-state index in [1.165, 1.54) is 27.8 Å². The first-order valence-corrected chi connectivity index (χ1v) is 8.87. The standard InChI is InChI=1S/C21H27NO2/c1-5-23-18-12-16-10-11-22-21(17(16)13-19(18)24-6-2)20-14(3)8-7-9-15(20)4/h7-9,12-13,21-22H,5-6,10-11H2,1-4H3. The van der Waals surface area contributed by atoms with Crippen molar-refractivity contribution in [1.82, 2.24) is 5.32 Å². The van der Waals surface area contributed by atoms with Crippen LogP contribution < -0.4 is 14.8 Å². The van der Waals surface area contributed by atoms with Crippen LogP contribution in [0.3, 0.4) is 0 Å². The van der Waals surface area contributed by atoms with Gasteiger partial charge in [0.1, 0.15) is 0 Å². The first-order chi connectivity index (χ1) is 11.7. The lowest BCUT2D eigenvalue weighted by Gasteiger charge is -2.30. The molecule has 0 aliphatic carbocycles. The molecule has 0 bridgehead atoms. The summed E-state index contributed by atoms with van der Waals surface area (Å²) in [6, 6.07) is 11.1. The summed E-state index contributed by atoms with van der Waals surface area (Å²) < 4.78 is 11.6. The second-order valence-electron chi connectivity index (χ2n) is 6.31. The molecule has 1 N–H and O–H groups in total. The summed E-state index contributed by atoms with van der Waals surface area (Å²) in [6.45, 7) is 10.7. The van der Waals surface area contributed by atoms with E-state index >= 15 is 0 Å². The zero-order valence-corrected chi connectivity index (χ0v) is 15.1. The molecule has 0 radical (unpaired) electrons. The van der Waals surface area contributed by atoms with Gasteiger partial charge < -0.3 is 14.8 Å². The molecule has 1 atom stereocenters. The van der Waals surface area contributed by atoms with Crippen LogP contribution in [0.2, 0.25) is 0 Å². The number of rotatable bonds is 5. The monoisotopic (exact) mass is 325 g/mol. The van der Waals surface area contributed by atoms with Crippen molar-refractivity contribution >= 4 is 0 Å². The minimum atomic E-state index is 0.213. The minimum Gasteiger partial charge on any atom is -0.490 e. The first kappa shape index (κ1) is 16.8. The Hall–Kier alpha value is -2.00. The first-order valence-electron chi connectivity index (χ1n) is 8.87. The molecule has 3 nitrogen and oxygen atoms in total. The van der Waals surface area contributed by atoms with Crippen LogP contribution in [0.15, 0.2) is 30.3 Å². The van der Waals surface area contributed by atoms with Crippen LogP contribution in [0.1, 0.15) is 47.7 Å². The molecule has 1 heterocycles. The Bertz CT molecular complexity index is 704. The van der Waals surface area contributed by atoms with Crippen molar-refractivity contribution in [3.8, 4) is 11.5 Å². The Morgan fingerprint density at radius 1 is 1.00 bits per heavy atom. The zero-order chi connectivity index (χ0) is 17.1. The molecule has 3 rings (SSSR count). The number of nitrogens with one attached hydrogen (secondary N) is 1. The Labute approximate surface area is 145 Å². The summed E-state index contributed by atoms with van der Waals surface area (Å²) in [4.78, 5) is 0. The average molecular weight is 325 g/mol. The van der Waals surface area contributed by atoms with E-state index in [-0.39, 0.29) is 6.04 Å². The number of benzene rings is 2. The van der Waals surface area contributed by atoms with Crippen molar-refractivity contribution in [2.45, 2.75) is 40.2 Å². The SMILES string of the molecule is CCOc1cc2c(cc1OCC)C(c1c(C)cccc1C)NCC2. The zero-order valence-electron chi connectivity index (χ0n) is 15.1. The summed E-state index contributed by atoms with van der Waals surface area (Å²) in [6.07, 6.45) is 1.02. The van der Waals surface area contributed by atoms with Crippen LogP contribution >= 0.6 is 0 Å². The molecule has 2 aromatic carbocycles. The fraction of sp³-hybridized carbons (Fsp3) is 0.429. The minimum absolute atomic E-state index is 0.213. The van der Waals surface area contributed by atoms with Crippen LogP contribution in [-0.4, -0.2) is 19.8 Å². The molecule has 0 amide bonds. The molecule has 0 saturated carbocycles. The third kappa shape index (κ3) is 3.13. The van der Waals surface area contributed by atoms with E-state index in [9.17, 15) is 0 Å². The Morgan fingerprint density at radius 2 is 1.62 bits per heavy atom. The third-order valence-corrected chi connectivity index (χ3v) is 4.69. The fourth-order valence-corrected chi connectivity index (χ4v) is 3.64. The highest BCUT2D eigenvalue weighted by molar-refractivity contribution is 5.53. The van der Waals surface area contributed by atoms with Gasteiger partial charge in [0.2, 0.25) is 0 Å². The van der Waals surface area contributed by atoms with Crippen LogP contribution in [0.4, 0.5) is 0 Å². The number of aryl methyl sites for hydroxylation is 2. The molecule has 2 aromatic rings. The molecule has 1 aliphatic heterocycles.